The van der Waals surface area contributed by atoms with Gasteiger partial charge in [0, 0.05) is 54.5 Å². The van der Waals surface area contributed by atoms with Crippen molar-refractivity contribution in [3.63, 3.8) is 0 Å². The van der Waals surface area contributed by atoms with E-state index in [1.807, 2.05) is 6.07 Å². The molecule has 5 rings (SSSR count). The number of hydrogen-bond donors (Lipinski definition) is 1. The van der Waals surface area contributed by atoms with Gasteiger partial charge in [-0.05, 0) is 50.1 Å². The second kappa shape index (κ2) is 7.06. The van der Waals surface area contributed by atoms with Crippen molar-refractivity contribution in [2.45, 2.75) is 32.4 Å². The molecule has 3 heterocycles. The molecule has 1 N–H and O–H groups in total. The van der Waals surface area contributed by atoms with Crippen LogP contribution in [0.4, 0.5) is 5.69 Å². The highest BCUT2D eigenvalue weighted by Crippen LogP contribution is 2.35. The van der Waals surface area contributed by atoms with E-state index in [0.717, 1.165) is 36.8 Å². The predicted molar refractivity (Wildman–Crippen MR) is 112 cm³/mol. The molecule has 28 heavy (non-hydrogen) atoms. The summed E-state index contributed by atoms with van der Waals surface area (Å²) in [5.74, 6) is 1.67. The molecule has 1 fully saturated rings. The lowest BCUT2D eigenvalue weighted by Crippen LogP contribution is -2.41. The number of rotatable bonds is 4. The lowest BCUT2D eigenvalue weighted by Gasteiger charge is -2.33. The maximum Gasteiger partial charge on any atom is 0.231 e. The van der Waals surface area contributed by atoms with Crippen LogP contribution in [0.2, 0.25) is 0 Å². The average molecular weight is 377 g/mol. The summed E-state index contributed by atoms with van der Waals surface area (Å²) < 4.78 is 13.2. The number of ether oxygens (including phenoxy) is 2. The fourth-order valence-electron chi connectivity index (χ4n) is 4.56. The van der Waals surface area contributed by atoms with Crippen molar-refractivity contribution in [3.8, 4) is 11.5 Å². The number of nitrogens with zero attached hydrogens (tertiary/aromatic N) is 2. The Morgan fingerprint density at radius 2 is 1.96 bits per heavy atom. The van der Waals surface area contributed by atoms with E-state index in [1.165, 1.54) is 35.0 Å². The highest BCUT2D eigenvalue weighted by atomic mass is 16.7. The maximum absolute atomic E-state index is 5.51. The molecular weight excluding hydrogens is 350 g/mol. The molecule has 1 saturated heterocycles. The van der Waals surface area contributed by atoms with Gasteiger partial charge in [0.15, 0.2) is 11.5 Å². The monoisotopic (exact) mass is 377 g/mol. The zero-order chi connectivity index (χ0) is 19.1. The largest absolute Gasteiger partial charge is 0.454 e. The minimum atomic E-state index is 0.320. The molecule has 0 aliphatic carbocycles. The van der Waals surface area contributed by atoms with Crippen molar-refractivity contribution in [2.24, 2.45) is 7.05 Å². The van der Waals surface area contributed by atoms with Crippen molar-refractivity contribution < 1.29 is 9.47 Å². The number of likely N-dealkylation sites (tertiary alicyclic amines) is 1. The first kappa shape index (κ1) is 17.4. The third-order valence-electron chi connectivity index (χ3n) is 6.16. The van der Waals surface area contributed by atoms with Crippen molar-refractivity contribution in [3.05, 3.63) is 53.7 Å². The first-order valence-corrected chi connectivity index (χ1v) is 10.1. The molecule has 0 unspecified atom stereocenters. The lowest BCUT2D eigenvalue weighted by atomic mass is 10.0. The van der Waals surface area contributed by atoms with E-state index < -0.39 is 0 Å². The van der Waals surface area contributed by atoms with Gasteiger partial charge in [-0.1, -0.05) is 18.2 Å². The van der Waals surface area contributed by atoms with Gasteiger partial charge in [-0.25, -0.2) is 0 Å². The number of aryl methyl sites for hydroxylation is 1. The Balaban J connectivity index is 1.31. The van der Waals surface area contributed by atoms with Crippen LogP contribution < -0.4 is 14.8 Å². The van der Waals surface area contributed by atoms with Crippen molar-refractivity contribution in [1.29, 1.82) is 0 Å². The van der Waals surface area contributed by atoms with Crippen LogP contribution in [0.5, 0.6) is 11.5 Å². The standard InChI is InChI=1S/C23H27N3O2/c1-16-20(19-7-3-4-8-21(19)25(16)2)14-26-11-5-6-18(13-26)24-17-9-10-22-23(12-17)28-15-27-22/h3-4,7-10,12,18,24H,5-6,11,13-15H2,1-2H3/t18-/m0/s1. The summed E-state index contributed by atoms with van der Waals surface area (Å²) >= 11 is 0. The molecule has 0 spiro atoms. The Hall–Kier alpha value is -2.66. The number of nitrogens with one attached hydrogen (secondary N) is 1. The minimum absolute atomic E-state index is 0.320. The minimum Gasteiger partial charge on any atom is -0.454 e. The van der Waals surface area contributed by atoms with Crippen LogP contribution in [0.25, 0.3) is 10.9 Å². The second-order valence-corrected chi connectivity index (χ2v) is 7.93. The van der Waals surface area contributed by atoms with Crippen molar-refractivity contribution in [1.82, 2.24) is 9.47 Å². The first-order valence-electron chi connectivity index (χ1n) is 10.1. The van der Waals surface area contributed by atoms with Gasteiger partial charge in [0.1, 0.15) is 0 Å². The van der Waals surface area contributed by atoms with Crippen molar-refractivity contribution >= 4 is 16.6 Å². The number of benzene rings is 2. The Kier molecular flexibility index (Phi) is 4.40. The van der Waals surface area contributed by atoms with E-state index in [9.17, 15) is 0 Å². The zero-order valence-corrected chi connectivity index (χ0v) is 16.6. The van der Waals surface area contributed by atoms with Crippen LogP contribution in [-0.2, 0) is 13.6 Å². The molecule has 0 saturated carbocycles. The van der Waals surface area contributed by atoms with E-state index >= 15 is 0 Å². The first-order chi connectivity index (χ1) is 13.7. The van der Waals surface area contributed by atoms with Gasteiger partial charge in [0.2, 0.25) is 6.79 Å². The number of para-hydroxylation sites is 1. The lowest BCUT2D eigenvalue weighted by molar-refractivity contribution is 0.174. The van der Waals surface area contributed by atoms with Gasteiger partial charge >= 0.3 is 0 Å². The zero-order valence-electron chi connectivity index (χ0n) is 16.6. The van der Waals surface area contributed by atoms with Gasteiger partial charge in [-0.2, -0.15) is 0 Å². The van der Waals surface area contributed by atoms with Gasteiger partial charge in [0.25, 0.3) is 0 Å². The number of anilines is 1. The van der Waals surface area contributed by atoms with Gasteiger partial charge in [-0.15, -0.1) is 0 Å². The van der Waals surface area contributed by atoms with E-state index in [2.05, 4.69) is 65.2 Å². The van der Waals surface area contributed by atoms with Crippen LogP contribution in [0.15, 0.2) is 42.5 Å². The Morgan fingerprint density at radius 1 is 1.11 bits per heavy atom. The summed E-state index contributed by atoms with van der Waals surface area (Å²) in [6, 6.07) is 15.3. The second-order valence-electron chi connectivity index (χ2n) is 7.93. The molecule has 0 radical (unpaired) electrons. The van der Waals surface area contributed by atoms with Crippen molar-refractivity contribution in [2.75, 3.05) is 25.2 Å². The number of hydrogen-bond acceptors (Lipinski definition) is 4. The third-order valence-corrected chi connectivity index (χ3v) is 6.16. The molecule has 2 aliphatic heterocycles. The topological polar surface area (TPSA) is 38.7 Å². The summed E-state index contributed by atoms with van der Waals surface area (Å²) in [5.41, 5.74) is 5.26. The normalized spacial score (nSPS) is 19.3. The molecule has 2 aromatic carbocycles. The smallest absolute Gasteiger partial charge is 0.231 e. The molecule has 1 aromatic heterocycles. The summed E-state index contributed by atoms with van der Waals surface area (Å²) in [6.07, 6.45) is 2.41. The van der Waals surface area contributed by atoms with Crippen LogP contribution >= 0.6 is 0 Å². The SMILES string of the molecule is Cc1c(CN2CCC[C@H](Nc3ccc4c(c3)OCO4)C2)c2ccccc2n1C. The third kappa shape index (κ3) is 3.10. The molecule has 0 amide bonds. The summed E-state index contributed by atoms with van der Waals surface area (Å²) in [5, 5.41) is 5.08. The van der Waals surface area contributed by atoms with Crippen LogP contribution in [0.1, 0.15) is 24.1 Å². The quantitative estimate of drug-likeness (QED) is 0.736. The molecule has 5 heteroatoms. The number of piperidine rings is 1. The van der Waals surface area contributed by atoms with E-state index in [-0.39, 0.29) is 0 Å². The fourth-order valence-corrected chi connectivity index (χ4v) is 4.56. The fraction of sp³-hybridized carbons (Fsp3) is 0.391. The van der Waals surface area contributed by atoms with Crippen LogP contribution in [-0.4, -0.2) is 35.4 Å². The van der Waals surface area contributed by atoms with Gasteiger partial charge in [0.05, 0.1) is 0 Å². The van der Waals surface area contributed by atoms with E-state index in [0.29, 0.717) is 12.8 Å². The summed E-state index contributed by atoms with van der Waals surface area (Å²) in [4.78, 5) is 2.59. The highest BCUT2D eigenvalue weighted by molar-refractivity contribution is 5.85. The number of aromatic nitrogens is 1. The van der Waals surface area contributed by atoms with Crippen LogP contribution in [0, 0.1) is 6.92 Å². The molecule has 2 aliphatic rings. The Morgan fingerprint density at radius 3 is 2.89 bits per heavy atom. The highest BCUT2D eigenvalue weighted by Gasteiger charge is 2.23. The Labute approximate surface area is 165 Å². The average Bonchev–Trinajstić information content (AvgIpc) is 3.27. The summed E-state index contributed by atoms with van der Waals surface area (Å²) in [7, 11) is 2.17. The van der Waals surface area contributed by atoms with E-state index in [4.69, 9.17) is 9.47 Å². The van der Waals surface area contributed by atoms with Gasteiger partial charge in [-0.3, -0.25) is 4.90 Å². The molecule has 1 atom stereocenters. The Bertz CT molecular complexity index is 1010. The van der Waals surface area contributed by atoms with Crippen LogP contribution in [0.3, 0.4) is 0 Å². The molecule has 0 bridgehead atoms. The molecule has 3 aromatic rings. The van der Waals surface area contributed by atoms with Gasteiger partial charge < -0.3 is 19.4 Å². The molecule has 146 valence electrons. The molecule has 5 nitrogen and oxygen atoms in total. The van der Waals surface area contributed by atoms with E-state index in [1.54, 1.807) is 0 Å². The molecular formula is C23H27N3O2. The maximum atomic E-state index is 5.51. The predicted octanol–water partition coefficient (Wildman–Crippen LogP) is 4.29. The number of fused-ring (bicyclic) bond motifs is 2. The summed E-state index contributed by atoms with van der Waals surface area (Å²) in [6.45, 7) is 5.77.